The van der Waals surface area contributed by atoms with Crippen LogP contribution < -0.4 is 15.5 Å². The Labute approximate surface area is 225 Å². The summed E-state index contributed by atoms with van der Waals surface area (Å²) in [5.74, 6) is -0.834. The van der Waals surface area contributed by atoms with Crippen molar-refractivity contribution in [2.75, 3.05) is 22.1 Å². The Morgan fingerprint density at radius 3 is 2.59 bits per heavy atom. The number of rotatable bonds is 7. The lowest BCUT2D eigenvalue weighted by molar-refractivity contribution is -0.137. The van der Waals surface area contributed by atoms with E-state index in [0.29, 0.717) is 52.7 Å². The molecule has 0 spiro atoms. The van der Waals surface area contributed by atoms with E-state index in [4.69, 9.17) is 0 Å². The molecule has 39 heavy (non-hydrogen) atoms. The smallest absolute Gasteiger partial charge is 0.322 e. The second-order valence-electron chi connectivity index (χ2n) is 8.80. The van der Waals surface area contributed by atoms with Gasteiger partial charge in [0.1, 0.15) is 0 Å². The number of benzene rings is 3. The number of carbonyl (C=O) groups is 3. The molecule has 0 saturated carbocycles. The van der Waals surface area contributed by atoms with Crippen LogP contribution in [0.2, 0.25) is 0 Å². The number of nitrogens with one attached hydrogen (secondary N) is 2. The SMILES string of the molecule is O=CNc1nc(CC(=O)N2CCc3cc(NC(=O)c4cc(C(F)(F)F)ccc4-c4ccccc4)ccc32)cs1. The van der Waals surface area contributed by atoms with Crippen LogP contribution in [0, 0.1) is 0 Å². The number of hydrogen-bond donors (Lipinski definition) is 2. The van der Waals surface area contributed by atoms with Crippen LogP contribution in [0.3, 0.4) is 0 Å². The zero-order chi connectivity index (χ0) is 27.6. The van der Waals surface area contributed by atoms with Gasteiger partial charge in [0.05, 0.1) is 17.7 Å². The summed E-state index contributed by atoms with van der Waals surface area (Å²) in [5, 5.41) is 7.29. The van der Waals surface area contributed by atoms with Crippen molar-refractivity contribution in [3.8, 4) is 11.1 Å². The third-order valence-electron chi connectivity index (χ3n) is 6.28. The highest BCUT2D eigenvalue weighted by atomic mass is 32.1. The molecule has 1 aliphatic rings. The zero-order valence-corrected chi connectivity index (χ0v) is 21.1. The summed E-state index contributed by atoms with van der Waals surface area (Å²) in [6, 6.07) is 16.9. The van der Waals surface area contributed by atoms with E-state index in [1.54, 1.807) is 58.8 Å². The van der Waals surface area contributed by atoms with Crippen molar-refractivity contribution < 1.29 is 27.6 Å². The van der Waals surface area contributed by atoms with Crippen molar-refractivity contribution in [3.63, 3.8) is 0 Å². The molecule has 0 bridgehead atoms. The molecular weight excluding hydrogens is 529 g/mol. The van der Waals surface area contributed by atoms with Crippen molar-refractivity contribution in [1.29, 1.82) is 0 Å². The molecule has 1 aliphatic heterocycles. The summed E-state index contributed by atoms with van der Waals surface area (Å²) in [7, 11) is 0. The minimum Gasteiger partial charge on any atom is -0.322 e. The Balaban J connectivity index is 1.36. The minimum atomic E-state index is -4.60. The second kappa shape index (κ2) is 10.7. The van der Waals surface area contributed by atoms with Crippen LogP contribution in [0.1, 0.15) is 27.2 Å². The topological polar surface area (TPSA) is 91.4 Å². The summed E-state index contributed by atoms with van der Waals surface area (Å²) in [5.41, 5.74) is 2.47. The molecule has 3 amide bonds. The molecule has 0 atom stereocenters. The largest absolute Gasteiger partial charge is 0.416 e. The second-order valence-corrected chi connectivity index (χ2v) is 9.66. The molecule has 198 valence electrons. The van der Waals surface area contributed by atoms with Crippen LogP contribution in [0.15, 0.2) is 72.1 Å². The number of carbonyl (C=O) groups excluding carboxylic acids is 3. The fourth-order valence-corrected chi connectivity index (χ4v) is 5.14. The van der Waals surface area contributed by atoms with Crippen molar-refractivity contribution in [1.82, 2.24) is 4.98 Å². The van der Waals surface area contributed by atoms with Crippen LogP contribution in [-0.2, 0) is 28.6 Å². The number of hydrogen-bond acceptors (Lipinski definition) is 5. The van der Waals surface area contributed by atoms with Crippen molar-refractivity contribution in [2.24, 2.45) is 0 Å². The van der Waals surface area contributed by atoms with Gasteiger partial charge >= 0.3 is 6.18 Å². The van der Waals surface area contributed by atoms with E-state index >= 15 is 0 Å². The van der Waals surface area contributed by atoms with Gasteiger partial charge in [-0.25, -0.2) is 4.98 Å². The first-order valence-corrected chi connectivity index (χ1v) is 12.8. The average Bonchev–Trinajstić information content (AvgIpc) is 3.55. The van der Waals surface area contributed by atoms with Crippen LogP contribution in [0.25, 0.3) is 11.1 Å². The van der Waals surface area contributed by atoms with Gasteiger partial charge in [0.15, 0.2) is 5.13 Å². The van der Waals surface area contributed by atoms with Gasteiger partial charge in [-0.3, -0.25) is 14.4 Å². The third-order valence-corrected chi connectivity index (χ3v) is 7.10. The standard InChI is InChI=1S/C28H21F3N4O3S/c29-28(30,31)19-6-8-22(17-4-2-1-3-5-17)23(13-19)26(38)33-20-7-9-24-18(12-20)10-11-35(24)25(37)14-21-15-39-27(34-21)32-16-36/h1-9,12-13,15-16H,10-11,14H2,(H,33,38)(H,32,34,36). The number of alkyl halides is 3. The van der Waals surface area contributed by atoms with Crippen LogP contribution in [-0.4, -0.2) is 29.8 Å². The van der Waals surface area contributed by atoms with E-state index in [0.717, 1.165) is 17.7 Å². The van der Waals surface area contributed by atoms with E-state index in [-0.39, 0.29) is 17.9 Å². The number of nitrogens with zero attached hydrogens (tertiary/aromatic N) is 2. The summed E-state index contributed by atoms with van der Waals surface area (Å²) < 4.78 is 40.3. The molecule has 0 unspecified atom stereocenters. The third kappa shape index (κ3) is 5.68. The highest BCUT2D eigenvalue weighted by molar-refractivity contribution is 7.13. The summed E-state index contributed by atoms with van der Waals surface area (Å²) in [4.78, 5) is 42.6. The summed E-state index contributed by atoms with van der Waals surface area (Å²) >= 11 is 1.22. The Hall–Kier alpha value is -4.51. The lowest BCUT2D eigenvalue weighted by atomic mass is 9.96. The predicted octanol–water partition coefficient (Wildman–Crippen LogP) is 5.78. The van der Waals surface area contributed by atoms with Gasteiger partial charge in [0.25, 0.3) is 5.91 Å². The van der Waals surface area contributed by atoms with Crippen molar-refractivity contribution >= 4 is 46.1 Å². The van der Waals surface area contributed by atoms with E-state index in [1.807, 2.05) is 0 Å². The number of thiazole rings is 1. The fourth-order valence-electron chi connectivity index (χ4n) is 4.47. The molecule has 0 saturated heterocycles. The molecule has 3 aromatic carbocycles. The Kier molecular flexibility index (Phi) is 7.16. The van der Waals surface area contributed by atoms with E-state index < -0.39 is 17.6 Å². The highest BCUT2D eigenvalue weighted by Crippen LogP contribution is 2.35. The van der Waals surface area contributed by atoms with Gasteiger partial charge in [0, 0.05) is 28.9 Å². The summed E-state index contributed by atoms with van der Waals surface area (Å²) in [6.45, 7) is 0.445. The van der Waals surface area contributed by atoms with Gasteiger partial charge < -0.3 is 15.5 Å². The van der Waals surface area contributed by atoms with Gasteiger partial charge in [-0.1, -0.05) is 36.4 Å². The molecule has 11 heteroatoms. The Morgan fingerprint density at radius 2 is 1.85 bits per heavy atom. The van der Waals surface area contributed by atoms with Crippen LogP contribution in [0.5, 0.6) is 0 Å². The van der Waals surface area contributed by atoms with Gasteiger partial charge in [-0.15, -0.1) is 11.3 Å². The lowest BCUT2D eigenvalue weighted by Gasteiger charge is -2.17. The van der Waals surface area contributed by atoms with E-state index in [1.165, 1.54) is 17.4 Å². The first kappa shape index (κ1) is 26.1. The quantitative estimate of drug-likeness (QED) is 0.286. The monoisotopic (exact) mass is 550 g/mol. The number of amides is 3. The lowest BCUT2D eigenvalue weighted by Crippen LogP contribution is -2.30. The molecule has 5 rings (SSSR count). The Bertz CT molecular complexity index is 1550. The van der Waals surface area contributed by atoms with Gasteiger partial charge in [-0.05, 0) is 53.4 Å². The molecule has 2 N–H and O–H groups in total. The maximum Gasteiger partial charge on any atom is 0.416 e. The zero-order valence-electron chi connectivity index (χ0n) is 20.3. The first-order valence-electron chi connectivity index (χ1n) is 11.9. The van der Waals surface area contributed by atoms with Crippen LogP contribution in [0.4, 0.5) is 29.7 Å². The Morgan fingerprint density at radius 1 is 1.05 bits per heavy atom. The molecule has 0 fully saturated rings. The first-order chi connectivity index (χ1) is 18.7. The number of aromatic nitrogens is 1. The van der Waals surface area contributed by atoms with Crippen molar-refractivity contribution in [3.05, 3.63) is 94.5 Å². The number of fused-ring (bicyclic) bond motifs is 1. The van der Waals surface area contributed by atoms with Crippen molar-refractivity contribution in [2.45, 2.75) is 19.0 Å². The van der Waals surface area contributed by atoms with Crippen LogP contribution >= 0.6 is 11.3 Å². The van der Waals surface area contributed by atoms with E-state index in [9.17, 15) is 27.6 Å². The molecule has 4 aromatic rings. The fraction of sp³-hybridized carbons (Fsp3) is 0.143. The number of halogens is 3. The molecule has 7 nitrogen and oxygen atoms in total. The van der Waals surface area contributed by atoms with Gasteiger partial charge in [0.2, 0.25) is 12.3 Å². The molecule has 0 radical (unpaired) electrons. The average molecular weight is 551 g/mol. The number of anilines is 3. The predicted molar refractivity (Wildman–Crippen MR) is 143 cm³/mol. The molecule has 1 aromatic heterocycles. The maximum absolute atomic E-state index is 13.4. The molecule has 2 heterocycles. The minimum absolute atomic E-state index is 0.0623. The normalized spacial score (nSPS) is 12.6. The maximum atomic E-state index is 13.4. The molecular formula is C28H21F3N4O3S. The highest BCUT2D eigenvalue weighted by Gasteiger charge is 2.32. The summed E-state index contributed by atoms with van der Waals surface area (Å²) in [6.07, 6.45) is -3.46. The molecule has 0 aliphatic carbocycles. The van der Waals surface area contributed by atoms with Gasteiger partial charge in [-0.2, -0.15) is 13.2 Å². The van der Waals surface area contributed by atoms with E-state index in [2.05, 4.69) is 15.6 Å².